The summed E-state index contributed by atoms with van der Waals surface area (Å²) in [5, 5.41) is 8.80. The number of sulfonamides is 1. The van der Waals surface area contributed by atoms with Gasteiger partial charge in [0.15, 0.2) is 0 Å². The molecule has 2 heterocycles. The van der Waals surface area contributed by atoms with Gasteiger partial charge in [-0.25, -0.2) is 12.7 Å². The second-order valence-electron chi connectivity index (χ2n) is 5.38. The Balaban J connectivity index is 1.93. The van der Waals surface area contributed by atoms with Gasteiger partial charge in [0.25, 0.3) is 0 Å². The Morgan fingerprint density at radius 2 is 2.11 bits per heavy atom. The maximum absolute atomic E-state index is 12.3. The van der Waals surface area contributed by atoms with Crippen LogP contribution in [0.25, 0.3) is 0 Å². The van der Waals surface area contributed by atoms with Crippen molar-refractivity contribution in [2.75, 3.05) is 25.4 Å². The SMILES string of the molecule is O=C(O)CC1CCCN(S(=O)(=O)CC2CCCO2)C1. The minimum Gasteiger partial charge on any atom is -0.481 e. The number of carboxylic acids is 1. The third-order valence-corrected chi connectivity index (χ3v) is 5.67. The molecular formula is C12H21NO5S. The maximum atomic E-state index is 12.3. The molecule has 2 saturated heterocycles. The average Bonchev–Trinajstić information content (AvgIpc) is 2.80. The summed E-state index contributed by atoms with van der Waals surface area (Å²) in [5.74, 6) is -0.888. The summed E-state index contributed by atoms with van der Waals surface area (Å²) in [6.45, 7) is 1.48. The van der Waals surface area contributed by atoms with Crippen LogP contribution < -0.4 is 0 Å². The quantitative estimate of drug-likeness (QED) is 0.805. The molecule has 2 fully saturated rings. The molecule has 19 heavy (non-hydrogen) atoms. The predicted molar refractivity (Wildman–Crippen MR) is 69.3 cm³/mol. The molecule has 1 N–H and O–H groups in total. The molecule has 0 aromatic carbocycles. The first-order valence-electron chi connectivity index (χ1n) is 6.78. The molecular weight excluding hydrogens is 270 g/mol. The summed E-state index contributed by atoms with van der Waals surface area (Å²) >= 11 is 0. The van der Waals surface area contributed by atoms with E-state index in [0.717, 1.165) is 25.7 Å². The lowest BCUT2D eigenvalue weighted by atomic mass is 9.96. The van der Waals surface area contributed by atoms with Crippen LogP contribution in [0.5, 0.6) is 0 Å². The van der Waals surface area contributed by atoms with Gasteiger partial charge >= 0.3 is 5.97 Å². The highest BCUT2D eigenvalue weighted by Crippen LogP contribution is 2.24. The van der Waals surface area contributed by atoms with Crippen LogP contribution in [0.3, 0.4) is 0 Å². The summed E-state index contributed by atoms with van der Waals surface area (Å²) in [6.07, 6.45) is 3.10. The van der Waals surface area contributed by atoms with Crippen molar-refractivity contribution in [3.8, 4) is 0 Å². The molecule has 2 aliphatic heterocycles. The molecule has 2 unspecified atom stereocenters. The van der Waals surface area contributed by atoms with E-state index in [1.54, 1.807) is 0 Å². The Morgan fingerprint density at radius 1 is 1.32 bits per heavy atom. The van der Waals surface area contributed by atoms with Crippen LogP contribution >= 0.6 is 0 Å². The highest BCUT2D eigenvalue weighted by atomic mass is 32.2. The van der Waals surface area contributed by atoms with Crippen LogP contribution in [-0.2, 0) is 19.6 Å². The number of carboxylic acid groups (broad SMARTS) is 1. The van der Waals surface area contributed by atoms with Gasteiger partial charge in [-0.05, 0) is 31.6 Å². The zero-order chi connectivity index (χ0) is 13.9. The van der Waals surface area contributed by atoms with Gasteiger partial charge in [-0.3, -0.25) is 4.79 Å². The van der Waals surface area contributed by atoms with Crippen molar-refractivity contribution in [3.05, 3.63) is 0 Å². The van der Waals surface area contributed by atoms with Crippen molar-refractivity contribution in [3.63, 3.8) is 0 Å². The third kappa shape index (κ3) is 4.15. The summed E-state index contributed by atoms with van der Waals surface area (Å²) in [6, 6.07) is 0. The standard InChI is InChI=1S/C12H21NO5S/c14-12(15)7-10-3-1-5-13(8-10)19(16,17)9-11-4-2-6-18-11/h10-11H,1-9H2,(H,14,15). The van der Waals surface area contributed by atoms with Gasteiger partial charge in [0.1, 0.15) is 0 Å². The van der Waals surface area contributed by atoms with Crippen molar-refractivity contribution in [2.45, 2.75) is 38.2 Å². The van der Waals surface area contributed by atoms with Crippen LogP contribution in [-0.4, -0.2) is 55.4 Å². The minimum atomic E-state index is -3.32. The highest BCUT2D eigenvalue weighted by Gasteiger charge is 2.32. The van der Waals surface area contributed by atoms with Gasteiger partial charge in [0.2, 0.25) is 10.0 Å². The van der Waals surface area contributed by atoms with Crippen molar-refractivity contribution < 1.29 is 23.1 Å². The van der Waals surface area contributed by atoms with Crippen LogP contribution in [0, 0.1) is 5.92 Å². The summed E-state index contributed by atoms with van der Waals surface area (Å²) < 4.78 is 31.4. The number of carbonyl (C=O) groups is 1. The van der Waals surface area contributed by atoms with E-state index in [2.05, 4.69) is 0 Å². The van der Waals surface area contributed by atoms with Crippen molar-refractivity contribution >= 4 is 16.0 Å². The van der Waals surface area contributed by atoms with Crippen molar-refractivity contribution in [1.82, 2.24) is 4.31 Å². The monoisotopic (exact) mass is 291 g/mol. The fourth-order valence-corrected chi connectivity index (χ4v) is 4.60. The van der Waals surface area contributed by atoms with Gasteiger partial charge in [-0.2, -0.15) is 0 Å². The fourth-order valence-electron chi connectivity index (χ4n) is 2.81. The molecule has 0 radical (unpaired) electrons. The van der Waals surface area contributed by atoms with Crippen molar-refractivity contribution in [2.24, 2.45) is 5.92 Å². The fraction of sp³-hybridized carbons (Fsp3) is 0.917. The molecule has 2 atom stereocenters. The van der Waals surface area contributed by atoms with Gasteiger partial charge in [0.05, 0.1) is 11.9 Å². The number of hydrogen-bond acceptors (Lipinski definition) is 4. The molecule has 110 valence electrons. The summed E-state index contributed by atoms with van der Waals surface area (Å²) in [7, 11) is -3.32. The topological polar surface area (TPSA) is 83.9 Å². The zero-order valence-electron chi connectivity index (χ0n) is 11.0. The lowest BCUT2D eigenvalue weighted by Crippen LogP contribution is -2.43. The Kier molecular flexibility index (Phi) is 4.81. The lowest BCUT2D eigenvalue weighted by Gasteiger charge is -2.31. The second kappa shape index (κ2) is 6.19. The zero-order valence-corrected chi connectivity index (χ0v) is 11.8. The molecule has 2 rings (SSSR count). The number of nitrogens with zero attached hydrogens (tertiary/aromatic N) is 1. The van der Waals surface area contributed by atoms with Crippen LogP contribution in [0.4, 0.5) is 0 Å². The van der Waals surface area contributed by atoms with Gasteiger partial charge in [-0.15, -0.1) is 0 Å². The van der Waals surface area contributed by atoms with Crippen LogP contribution in [0.15, 0.2) is 0 Å². The molecule has 0 aliphatic carbocycles. The highest BCUT2D eigenvalue weighted by molar-refractivity contribution is 7.89. The molecule has 0 spiro atoms. The average molecular weight is 291 g/mol. The largest absolute Gasteiger partial charge is 0.481 e. The van der Waals surface area contributed by atoms with E-state index in [1.165, 1.54) is 4.31 Å². The van der Waals surface area contributed by atoms with Crippen molar-refractivity contribution in [1.29, 1.82) is 0 Å². The molecule has 0 aromatic heterocycles. The van der Waals surface area contributed by atoms with Crippen LogP contribution in [0.2, 0.25) is 0 Å². The van der Waals surface area contributed by atoms with E-state index < -0.39 is 16.0 Å². The molecule has 0 aromatic rings. The van der Waals surface area contributed by atoms with Crippen LogP contribution in [0.1, 0.15) is 32.1 Å². The van der Waals surface area contributed by atoms with Gasteiger partial charge in [-0.1, -0.05) is 0 Å². The molecule has 6 nitrogen and oxygen atoms in total. The molecule has 2 aliphatic rings. The first-order valence-corrected chi connectivity index (χ1v) is 8.39. The first-order chi connectivity index (χ1) is 8.97. The summed E-state index contributed by atoms with van der Waals surface area (Å²) in [4.78, 5) is 10.7. The van der Waals surface area contributed by atoms with E-state index >= 15 is 0 Å². The summed E-state index contributed by atoms with van der Waals surface area (Å²) in [5.41, 5.74) is 0. The Hall–Kier alpha value is -0.660. The minimum absolute atomic E-state index is 0.0345. The first kappa shape index (κ1) is 14.7. The van der Waals surface area contributed by atoms with E-state index in [0.29, 0.717) is 19.7 Å². The molecule has 0 bridgehead atoms. The third-order valence-electron chi connectivity index (χ3n) is 3.76. The molecule has 7 heteroatoms. The molecule has 0 amide bonds. The van der Waals surface area contributed by atoms with Gasteiger partial charge in [0, 0.05) is 26.1 Å². The Bertz CT molecular complexity index is 416. The number of rotatable bonds is 5. The van der Waals surface area contributed by atoms with E-state index in [4.69, 9.17) is 9.84 Å². The van der Waals surface area contributed by atoms with E-state index in [-0.39, 0.29) is 24.2 Å². The smallest absolute Gasteiger partial charge is 0.303 e. The second-order valence-corrected chi connectivity index (χ2v) is 7.39. The van der Waals surface area contributed by atoms with E-state index in [9.17, 15) is 13.2 Å². The molecule has 0 saturated carbocycles. The number of ether oxygens (including phenoxy) is 1. The predicted octanol–water partition coefficient (Wildman–Crippen LogP) is 0.682. The normalized spacial score (nSPS) is 29.5. The van der Waals surface area contributed by atoms with E-state index in [1.807, 2.05) is 0 Å². The number of piperidine rings is 1. The van der Waals surface area contributed by atoms with Gasteiger partial charge < -0.3 is 9.84 Å². The number of hydrogen-bond donors (Lipinski definition) is 1. The lowest BCUT2D eigenvalue weighted by molar-refractivity contribution is -0.138. The maximum Gasteiger partial charge on any atom is 0.303 e. The Morgan fingerprint density at radius 3 is 2.74 bits per heavy atom. The Labute approximate surface area is 113 Å². The number of aliphatic carboxylic acids is 1.